The number of alkyl halides is 3. The summed E-state index contributed by atoms with van der Waals surface area (Å²) in [5.74, 6) is 0.572. The van der Waals surface area contributed by atoms with Crippen LogP contribution in [-0.2, 0) is 6.18 Å². The van der Waals surface area contributed by atoms with Gasteiger partial charge in [0.25, 0.3) is 0 Å². The van der Waals surface area contributed by atoms with E-state index in [9.17, 15) is 13.2 Å². The van der Waals surface area contributed by atoms with Crippen molar-refractivity contribution in [1.29, 1.82) is 0 Å². The highest BCUT2D eigenvalue weighted by Gasteiger charge is 2.30. The molecule has 0 bridgehead atoms. The summed E-state index contributed by atoms with van der Waals surface area (Å²) < 4.78 is 38.0. The summed E-state index contributed by atoms with van der Waals surface area (Å²) in [6.45, 7) is 1.95. The van der Waals surface area contributed by atoms with Crippen LogP contribution in [0, 0.1) is 6.92 Å². The maximum absolute atomic E-state index is 12.7. The van der Waals surface area contributed by atoms with Crippen LogP contribution in [-0.4, -0.2) is 9.97 Å². The van der Waals surface area contributed by atoms with E-state index in [4.69, 9.17) is 0 Å². The summed E-state index contributed by atoms with van der Waals surface area (Å²) in [7, 11) is 0. The second-order valence-electron chi connectivity index (χ2n) is 4.68. The summed E-state index contributed by atoms with van der Waals surface area (Å²) in [4.78, 5) is 7.26. The van der Waals surface area contributed by atoms with Crippen molar-refractivity contribution in [2.24, 2.45) is 0 Å². The number of aromatic amines is 1. The topological polar surface area (TPSA) is 28.7 Å². The lowest BCUT2D eigenvalue weighted by Crippen LogP contribution is -2.04. The number of nitrogens with zero attached hydrogens (tertiary/aromatic N) is 1. The predicted molar refractivity (Wildman–Crippen MR) is 71.3 cm³/mol. The van der Waals surface area contributed by atoms with E-state index >= 15 is 0 Å². The number of aromatic nitrogens is 2. The maximum Gasteiger partial charge on any atom is 0.416 e. The van der Waals surface area contributed by atoms with Crippen LogP contribution >= 0.6 is 0 Å². The highest BCUT2D eigenvalue weighted by molar-refractivity contribution is 5.80. The molecule has 1 N–H and O–H groups in total. The van der Waals surface area contributed by atoms with Crippen molar-refractivity contribution in [1.82, 2.24) is 9.97 Å². The Morgan fingerprint density at radius 3 is 2.55 bits per heavy atom. The lowest BCUT2D eigenvalue weighted by Gasteiger charge is -2.05. The number of imidazole rings is 1. The molecule has 2 aromatic carbocycles. The molecule has 1 aromatic heterocycles. The monoisotopic (exact) mass is 276 g/mol. The minimum atomic E-state index is -4.34. The van der Waals surface area contributed by atoms with Gasteiger partial charge in [-0.15, -0.1) is 0 Å². The van der Waals surface area contributed by atoms with Gasteiger partial charge >= 0.3 is 6.18 Å². The number of halogens is 3. The molecule has 0 aliphatic heterocycles. The van der Waals surface area contributed by atoms with Crippen molar-refractivity contribution in [3.63, 3.8) is 0 Å². The van der Waals surface area contributed by atoms with E-state index in [0.29, 0.717) is 16.9 Å². The standard InChI is InChI=1S/C15H11F3N2/c1-9-3-2-4-10(7-9)14-19-12-6-5-11(15(16,17)18)8-13(12)20-14/h2-8H,1H3,(H,19,20). The van der Waals surface area contributed by atoms with Crippen LogP contribution in [0.2, 0.25) is 0 Å². The molecule has 0 aliphatic carbocycles. The second kappa shape index (κ2) is 4.37. The zero-order chi connectivity index (χ0) is 14.3. The predicted octanol–water partition coefficient (Wildman–Crippen LogP) is 4.56. The Morgan fingerprint density at radius 1 is 1.05 bits per heavy atom. The Balaban J connectivity index is 2.11. The minimum Gasteiger partial charge on any atom is -0.338 e. The molecule has 0 fully saturated rings. The first kappa shape index (κ1) is 12.7. The quantitative estimate of drug-likeness (QED) is 0.693. The molecule has 5 heteroatoms. The van der Waals surface area contributed by atoms with Crippen molar-refractivity contribution in [2.75, 3.05) is 0 Å². The van der Waals surface area contributed by atoms with E-state index in [2.05, 4.69) is 9.97 Å². The second-order valence-corrected chi connectivity index (χ2v) is 4.68. The number of fused-ring (bicyclic) bond motifs is 1. The fraction of sp³-hybridized carbons (Fsp3) is 0.133. The average Bonchev–Trinajstić information content (AvgIpc) is 2.80. The van der Waals surface area contributed by atoms with Gasteiger partial charge in [-0.1, -0.05) is 23.8 Å². The summed E-state index contributed by atoms with van der Waals surface area (Å²) >= 11 is 0. The van der Waals surface area contributed by atoms with E-state index in [1.807, 2.05) is 31.2 Å². The first-order valence-electron chi connectivity index (χ1n) is 6.07. The first-order valence-corrected chi connectivity index (χ1v) is 6.07. The van der Waals surface area contributed by atoms with E-state index in [1.165, 1.54) is 6.07 Å². The first-order chi connectivity index (χ1) is 9.43. The summed E-state index contributed by atoms with van der Waals surface area (Å²) in [6, 6.07) is 11.2. The van der Waals surface area contributed by atoms with E-state index < -0.39 is 11.7 Å². The molecule has 2 nitrogen and oxygen atoms in total. The van der Waals surface area contributed by atoms with Crippen LogP contribution < -0.4 is 0 Å². The minimum absolute atomic E-state index is 0.385. The number of aryl methyl sites for hydroxylation is 1. The van der Waals surface area contributed by atoms with Gasteiger partial charge in [-0.3, -0.25) is 0 Å². The molecule has 0 saturated carbocycles. The van der Waals surface area contributed by atoms with Crippen LogP contribution in [0.25, 0.3) is 22.4 Å². The molecule has 20 heavy (non-hydrogen) atoms. The molecule has 102 valence electrons. The van der Waals surface area contributed by atoms with Gasteiger partial charge in [-0.05, 0) is 31.2 Å². The highest BCUT2D eigenvalue weighted by Crippen LogP contribution is 2.31. The Bertz CT molecular complexity index is 772. The van der Waals surface area contributed by atoms with Crippen molar-refractivity contribution in [2.45, 2.75) is 13.1 Å². The molecule has 0 amide bonds. The van der Waals surface area contributed by atoms with Crippen LogP contribution in [0.4, 0.5) is 13.2 Å². The van der Waals surface area contributed by atoms with Crippen molar-refractivity contribution < 1.29 is 13.2 Å². The van der Waals surface area contributed by atoms with Gasteiger partial charge in [-0.2, -0.15) is 13.2 Å². The zero-order valence-electron chi connectivity index (χ0n) is 10.6. The van der Waals surface area contributed by atoms with E-state index in [1.54, 1.807) is 0 Å². The zero-order valence-corrected chi connectivity index (χ0v) is 10.6. The number of rotatable bonds is 1. The normalized spacial score (nSPS) is 12.0. The molecule has 3 rings (SSSR count). The van der Waals surface area contributed by atoms with Gasteiger partial charge in [0.2, 0.25) is 0 Å². The molecular formula is C15H11F3N2. The summed E-state index contributed by atoms with van der Waals surface area (Å²) in [6.07, 6.45) is -4.34. The summed E-state index contributed by atoms with van der Waals surface area (Å²) in [5.41, 5.74) is 2.16. The molecule has 0 spiro atoms. The van der Waals surface area contributed by atoms with Gasteiger partial charge in [0.15, 0.2) is 0 Å². The average molecular weight is 276 g/mol. The Morgan fingerprint density at radius 2 is 1.85 bits per heavy atom. The van der Waals surface area contributed by atoms with Crippen molar-refractivity contribution in [3.8, 4) is 11.4 Å². The van der Waals surface area contributed by atoms with Gasteiger partial charge in [0, 0.05) is 5.56 Å². The SMILES string of the molecule is Cc1cccc(-c2nc3ccc(C(F)(F)F)cc3[nH]2)c1. The van der Waals surface area contributed by atoms with Gasteiger partial charge in [0.05, 0.1) is 16.6 Å². The van der Waals surface area contributed by atoms with Gasteiger partial charge in [0.1, 0.15) is 5.82 Å². The number of benzene rings is 2. The Hall–Kier alpha value is -2.30. The third-order valence-electron chi connectivity index (χ3n) is 3.10. The maximum atomic E-state index is 12.7. The molecule has 1 heterocycles. The van der Waals surface area contributed by atoms with E-state index in [-0.39, 0.29) is 0 Å². The van der Waals surface area contributed by atoms with Gasteiger partial charge < -0.3 is 4.98 Å². The van der Waals surface area contributed by atoms with Crippen molar-refractivity contribution >= 4 is 11.0 Å². The third kappa shape index (κ3) is 2.27. The smallest absolute Gasteiger partial charge is 0.338 e. The van der Waals surface area contributed by atoms with Crippen LogP contribution in [0.5, 0.6) is 0 Å². The largest absolute Gasteiger partial charge is 0.416 e. The van der Waals surface area contributed by atoms with Crippen molar-refractivity contribution in [3.05, 3.63) is 53.6 Å². The fourth-order valence-electron chi connectivity index (χ4n) is 2.12. The Kier molecular flexibility index (Phi) is 2.78. The molecular weight excluding hydrogens is 265 g/mol. The Labute approximate surface area is 113 Å². The number of hydrogen-bond donors (Lipinski definition) is 1. The molecule has 0 atom stereocenters. The lowest BCUT2D eigenvalue weighted by atomic mass is 10.1. The number of hydrogen-bond acceptors (Lipinski definition) is 1. The molecule has 0 radical (unpaired) electrons. The molecule has 3 aromatic rings. The van der Waals surface area contributed by atoms with Crippen LogP contribution in [0.15, 0.2) is 42.5 Å². The highest BCUT2D eigenvalue weighted by atomic mass is 19.4. The van der Waals surface area contributed by atoms with Crippen LogP contribution in [0.3, 0.4) is 0 Å². The fourth-order valence-corrected chi connectivity index (χ4v) is 2.12. The molecule has 0 saturated heterocycles. The number of H-pyrrole nitrogens is 1. The number of nitrogens with one attached hydrogen (secondary N) is 1. The summed E-state index contributed by atoms with van der Waals surface area (Å²) in [5, 5.41) is 0. The van der Waals surface area contributed by atoms with Crippen LogP contribution in [0.1, 0.15) is 11.1 Å². The molecule has 0 unspecified atom stereocenters. The van der Waals surface area contributed by atoms with Gasteiger partial charge in [-0.25, -0.2) is 4.98 Å². The van der Waals surface area contributed by atoms with E-state index in [0.717, 1.165) is 23.3 Å². The molecule has 0 aliphatic rings. The third-order valence-corrected chi connectivity index (χ3v) is 3.10. The lowest BCUT2D eigenvalue weighted by molar-refractivity contribution is -0.137.